The molecule has 16 heavy (non-hydrogen) atoms. The second-order valence-corrected chi connectivity index (χ2v) is 6.42. The van der Waals surface area contributed by atoms with Crippen LogP contribution in [0.4, 0.5) is 0 Å². The highest BCUT2D eigenvalue weighted by Gasteiger charge is 2.38. The van der Waals surface area contributed by atoms with Gasteiger partial charge in [-0.05, 0) is 49.4 Å². The maximum absolute atomic E-state index is 11.7. The summed E-state index contributed by atoms with van der Waals surface area (Å²) in [6.45, 7) is 7.10. The van der Waals surface area contributed by atoms with Gasteiger partial charge in [0.2, 0.25) is 0 Å². The average molecular weight is 222 g/mol. The van der Waals surface area contributed by atoms with Crippen LogP contribution in [0.25, 0.3) is 0 Å². The van der Waals surface area contributed by atoms with Crippen molar-refractivity contribution in [3.63, 3.8) is 0 Å². The largest absolute Gasteiger partial charge is 0.299 e. The predicted molar refractivity (Wildman–Crippen MR) is 67.2 cm³/mol. The molecule has 0 heterocycles. The van der Waals surface area contributed by atoms with E-state index in [1.165, 1.54) is 25.7 Å². The first-order chi connectivity index (χ1) is 7.59. The van der Waals surface area contributed by atoms with Gasteiger partial charge in [0.05, 0.1) is 0 Å². The van der Waals surface area contributed by atoms with Crippen LogP contribution in [0.1, 0.15) is 59.3 Å². The van der Waals surface area contributed by atoms with Gasteiger partial charge < -0.3 is 0 Å². The van der Waals surface area contributed by atoms with Gasteiger partial charge in [-0.1, -0.05) is 27.2 Å². The van der Waals surface area contributed by atoms with Gasteiger partial charge in [-0.15, -0.1) is 0 Å². The number of hydrogen-bond acceptors (Lipinski definition) is 1. The fourth-order valence-corrected chi connectivity index (χ4v) is 4.01. The van der Waals surface area contributed by atoms with Gasteiger partial charge >= 0.3 is 0 Å². The van der Waals surface area contributed by atoms with E-state index in [1.807, 2.05) is 0 Å². The van der Waals surface area contributed by atoms with Crippen LogP contribution in [0, 0.1) is 29.6 Å². The van der Waals surface area contributed by atoms with E-state index in [2.05, 4.69) is 20.8 Å². The van der Waals surface area contributed by atoms with E-state index in [4.69, 9.17) is 0 Å². The maximum atomic E-state index is 11.7. The van der Waals surface area contributed by atoms with Crippen molar-refractivity contribution in [3.8, 4) is 0 Å². The Bertz CT molecular complexity index is 256. The van der Waals surface area contributed by atoms with Crippen LogP contribution in [0.15, 0.2) is 0 Å². The lowest BCUT2D eigenvalue weighted by Gasteiger charge is -2.27. The fraction of sp³-hybridized carbons (Fsp3) is 0.933. The van der Waals surface area contributed by atoms with Crippen molar-refractivity contribution < 1.29 is 4.79 Å². The number of rotatable bonds is 3. The zero-order valence-corrected chi connectivity index (χ0v) is 11.0. The van der Waals surface area contributed by atoms with Gasteiger partial charge in [0.25, 0.3) is 0 Å². The molecule has 0 aromatic carbocycles. The van der Waals surface area contributed by atoms with Crippen molar-refractivity contribution in [1.82, 2.24) is 0 Å². The minimum atomic E-state index is 0.423. The molecule has 2 fully saturated rings. The molecule has 92 valence electrons. The van der Waals surface area contributed by atoms with E-state index in [0.717, 1.165) is 36.5 Å². The standard InChI is InChI=1S/C15H26O/c1-10(2)13-8-7-11(3)14(13)9-12-5-4-6-15(12)16/h10-14H,4-9H2,1-3H3. The van der Waals surface area contributed by atoms with E-state index in [-0.39, 0.29) is 0 Å². The Balaban J connectivity index is 1.98. The molecule has 0 N–H and O–H groups in total. The second kappa shape index (κ2) is 4.89. The summed E-state index contributed by atoms with van der Waals surface area (Å²) in [7, 11) is 0. The zero-order valence-electron chi connectivity index (χ0n) is 11.0. The first-order valence-corrected chi connectivity index (χ1v) is 7.12. The lowest BCUT2D eigenvalue weighted by molar-refractivity contribution is -0.121. The average Bonchev–Trinajstić information content (AvgIpc) is 2.76. The van der Waals surface area contributed by atoms with Gasteiger partial charge in [0.15, 0.2) is 0 Å². The summed E-state index contributed by atoms with van der Waals surface area (Å²) in [4.78, 5) is 11.7. The van der Waals surface area contributed by atoms with Crippen molar-refractivity contribution >= 4 is 5.78 Å². The van der Waals surface area contributed by atoms with Gasteiger partial charge in [-0.2, -0.15) is 0 Å². The number of hydrogen-bond donors (Lipinski definition) is 0. The SMILES string of the molecule is CC(C)C1CCC(C)C1CC1CCCC1=O. The Morgan fingerprint density at radius 2 is 2.00 bits per heavy atom. The molecule has 0 aromatic rings. The smallest absolute Gasteiger partial charge is 0.135 e. The molecule has 0 amide bonds. The highest BCUT2D eigenvalue weighted by molar-refractivity contribution is 5.82. The Kier molecular flexibility index (Phi) is 3.71. The third kappa shape index (κ3) is 2.33. The first-order valence-electron chi connectivity index (χ1n) is 7.12. The lowest BCUT2D eigenvalue weighted by Crippen LogP contribution is -2.22. The zero-order chi connectivity index (χ0) is 11.7. The normalized spacial score (nSPS) is 39.9. The monoisotopic (exact) mass is 222 g/mol. The van der Waals surface area contributed by atoms with Crippen molar-refractivity contribution in [1.29, 1.82) is 0 Å². The van der Waals surface area contributed by atoms with E-state index >= 15 is 0 Å². The van der Waals surface area contributed by atoms with Crippen molar-refractivity contribution in [2.45, 2.75) is 59.3 Å². The Morgan fingerprint density at radius 1 is 1.25 bits per heavy atom. The molecule has 1 nitrogen and oxygen atoms in total. The van der Waals surface area contributed by atoms with Crippen LogP contribution >= 0.6 is 0 Å². The molecule has 0 aliphatic heterocycles. The first kappa shape index (κ1) is 12.1. The number of ketones is 1. The summed E-state index contributed by atoms with van der Waals surface area (Å²) >= 11 is 0. The molecular weight excluding hydrogens is 196 g/mol. The van der Waals surface area contributed by atoms with Crippen LogP contribution in [0.3, 0.4) is 0 Å². The minimum absolute atomic E-state index is 0.423. The summed E-state index contributed by atoms with van der Waals surface area (Å²) in [5, 5.41) is 0. The number of carbonyl (C=O) groups excluding carboxylic acids is 1. The summed E-state index contributed by atoms with van der Waals surface area (Å²) in [5.74, 6) is 4.33. The third-order valence-electron chi connectivity index (χ3n) is 5.08. The maximum Gasteiger partial charge on any atom is 0.135 e. The molecule has 0 radical (unpaired) electrons. The van der Waals surface area contributed by atoms with Gasteiger partial charge in [-0.25, -0.2) is 0 Å². The van der Waals surface area contributed by atoms with Crippen LogP contribution in [0.5, 0.6) is 0 Å². The van der Waals surface area contributed by atoms with E-state index in [0.29, 0.717) is 11.7 Å². The topological polar surface area (TPSA) is 17.1 Å². The fourth-order valence-electron chi connectivity index (χ4n) is 4.01. The summed E-state index contributed by atoms with van der Waals surface area (Å²) in [5.41, 5.74) is 0. The molecule has 2 saturated carbocycles. The van der Waals surface area contributed by atoms with E-state index in [9.17, 15) is 4.79 Å². The Morgan fingerprint density at radius 3 is 2.56 bits per heavy atom. The van der Waals surface area contributed by atoms with Gasteiger partial charge in [-0.3, -0.25) is 4.79 Å². The van der Waals surface area contributed by atoms with Crippen molar-refractivity contribution in [3.05, 3.63) is 0 Å². The van der Waals surface area contributed by atoms with Gasteiger partial charge in [0.1, 0.15) is 5.78 Å². The van der Waals surface area contributed by atoms with E-state index < -0.39 is 0 Å². The summed E-state index contributed by atoms with van der Waals surface area (Å²) in [6.07, 6.45) is 7.16. The molecular formula is C15H26O. The highest BCUT2D eigenvalue weighted by atomic mass is 16.1. The Labute approximate surface area is 100.0 Å². The molecule has 0 aromatic heterocycles. The molecule has 2 aliphatic rings. The van der Waals surface area contributed by atoms with Crippen molar-refractivity contribution in [2.24, 2.45) is 29.6 Å². The predicted octanol–water partition coefficient (Wildman–Crippen LogP) is 4.06. The molecule has 0 bridgehead atoms. The quantitative estimate of drug-likeness (QED) is 0.703. The number of Topliss-reactive ketones (excluding diaryl/α,β-unsaturated/α-hetero) is 1. The molecule has 1 heteroatoms. The lowest BCUT2D eigenvalue weighted by atomic mass is 9.77. The summed E-state index contributed by atoms with van der Waals surface area (Å²) in [6, 6.07) is 0. The van der Waals surface area contributed by atoms with Crippen LogP contribution in [-0.4, -0.2) is 5.78 Å². The summed E-state index contributed by atoms with van der Waals surface area (Å²) < 4.78 is 0. The molecule has 2 aliphatic carbocycles. The Hall–Kier alpha value is -0.330. The molecule has 2 rings (SSSR count). The highest BCUT2D eigenvalue weighted by Crippen LogP contribution is 2.45. The van der Waals surface area contributed by atoms with Crippen LogP contribution < -0.4 is 0 Å². The minimum Gasteiger partial charge on any atom is -0.299 e. The molecule has 0 spiro atoms. The molecule has 4 unspecified atom stereocenters. The molecule has 4 atom stereocenters. The van der Waals surface area contributed by atoms with Gasteiger partial charge in [0, 0.05) is 12.3 Å². The van der Waals surface area contributed by atoms with Crippen molar-refractivity contribution in [2.75, 3.05) is 0 Å². The van der Waals surface area contributed by atoms with E-state index in [1.54, 1.807) is 0 Å². The third-order valence-corrected chi connectivity index (χ3v) is 5.08. The number of carbonyl (C=O) groups is 1. The molecule has 0 saturated heterocycles. The van der Waals surface area contributed by atoms with Crippen LogP contribution in [0.2, 0.25) is 0 Å². The van der Waals surface area contributed by atoms with Crippen LogP contribution in [-0.2, 0) is 4.79 Å². The second-order valence-electron chi connectivity index (χ2n) is 6.42.